The number of alkyl halides is 2. The molecule has 5 rings (SSSR count). The third kappa shape index (κ3) is 3.78. The van der Waals surface area contributed by atoms with Crippen molar-refractivity contribution in [2.45, 2.75) is 43.6 Å². The standard InChI is InChI=1S/C20H22F3N7O/c1-31-15-5-16-25-10-14(30(16)29-17(15)11-6-20(22,23)7-11)18-13(21)9-26-19(28-18)27-12-3-2-4-24-8-12/h5,9-12,24H,2-4,6-8H2,1H3,(H,26,27,28). The fourth-order valence-corrected chi connectivity index (χ4v) is 4.15. The van der Waals surface area contributed by atoms with Crippen LogP contribution in [0.4, 0.5) is 19.1 Å². The number of rotatable bonds is 5. The van der Waals surface area contributed by atoms with Crippen molar-refractivity contribution in [2.75, 3.05) is 25.5 Å². The molecule has 1 unspecified atom stereocenters. The Morgan fingerprint density at radius 1 is 1.26 bits per heavy atom. The van der Waals surface area contributed by atoms with E-state index < -0.39 is 17.7 Å². The smallest absolute Gasteiger partial charge is 0.249 e. The number of halogens is 3. The largest absolute Gasteiger partial charge is 0.495 e. The third-order valence-electron chi connectivity index (χ3n) is 5.80. The normalized spacial score (nSPS) is 21.1. The van der Waals surface area contributed by atoms with Crippen molar-refractivity contribution in [3.05, 3.63) is 30.0 Å². The molecule has 4 heterocycles. The van der Waals surface area contributed by atoms with Gasteiger partial charge in [0.15, 0.2) is 11.5 Å². The van der Waals surface area contributed by atoms with Crippen LogP contribution in [0.1, 0.15) is 37.3 Å². The maximum atomic E-state index is 14.7. The fourth-order valence-electron chi connectivity index (χ4n) is 4.15. The van der Waals surface area contributed by atoms with Gasteiger partial charge in [-0.2, -0.15) is 5.10 Å². The van der Waals surface area contributed by atoms with Gasteiger partial charge in [-0.15, -0.1) is 0 Å². The van der Waals surface area contributed by atoms with E-state index in [1.807, 2.05) is 0 Å². The quantitative estimate of drug-likeness (QED) is 0.639. The highest BCUT2D eigenvalue weighted by Gasteiger charge is 2.47. The lowest BCUT2D eigenvalue weighted by Gasteiger charge is -2.34. The molecule has 2 aliphatic rings. The average molecular weight is 433 g/mol. The topological polar surface area (TPSA) is 89.3 Å². The summed E-state index contributed by atoms with van der Waals surface area (Å²) in [6, 6.07) is 1.78. The van der Waals surface area contributed by atoms with Crippen molar-refractivity contribution in [2.24, 2.45) is 0 Å². The van der Waals surface area contributed by atoms with E-state index in [1.165, 1.54) is 17.8 Å². The molecular weight excluding hydrogens is 411 g/mol. The Labute approximate surface area is 176 Å². The zero-order valence-electron chi connectivity index (χ0n) is 16.9. The summed E-state index contributed by atoms with van der Waals surface area (Å²) in [5.41, 5.74) is 1.16. The molecule has 1 atom stereocenters. The van der Waals surface area contributed by atoms with E-state index in [9.17, 15) is 13.2 Å². The second kappa shape index (κ2) is 7.63. The van der Waals surface area contributed by atoms with Crippen LogP contribution in [0.5, 0.6) is 5.75 Å². The third-order valence-corrected chi connectivity index (χ3v) is 5.80. The van der Waals surface area contributed by atoms with Crippen molar-refractivity contribution in [1.29, 1.82) is 0 Å². The average Bonchev–Trinajstić information content (AvgIpc) is 3.15. The van der Waals surface area contributed by atoms with Crippen molar-refractivity contribution < 1.29 is 17.9 Å². The number of imidazole rings is 1. The molecule has 3 aromatic heterocycles. The Morgan fingerprint density at radius 2 is 2.10 bits per heavy atom. The van der Waals surface area contributed by atoms with Gasteiger partial charge in [-0.25, -0.2) is 32.6 Å². The van der Waals surface area contributed by atoms with Crippen LogP contribution >= 0.6 is 0 Å². The molecule has 1 saturated carbocycles. The summed E-state index contributed by atoms with van der Waals surface area (Å²) >= 11 is 0. The fraction of sp³-hybridized carbons (Fsp3) is 0.500. The summed E-state index contributed by atoms with van der Waals surface area (Å²) < 4.78 is 48.3. The summed E-state index contributed by atoms with van der Waals surface area (Å²) in [4.78, 5) is 12.7. The number of aromatic nitrogens is 5. The molecule has 11 heteroatoms. The lowest BCUT2D eigenvalue weighted by molar-refractivity contribution is -0.0881. The van der Waals surface area contributed by atoms with Gasteiger partial charge < -0.3 is 15.4 Å². The van der Waals surface area contributed by atoms with E-state index in [0.717, 1.165) is 32.1 Å². The molecule has 3 aromatic rings. The summed E-state index contributed by atoms with van der Waals surface area (Å²) in [6.07, 6.45) is 3.98. The van der Waals surface area contributed by atoms with Crippen molar-refractivity contribution in [1.82, 2.24) is 29.9 Å². The van der Waals surface area contributed by atoms with Crippen molar-refractivity contribution >= 4 is 11.6 Å². The first kappa shape index (κ1) is 20.0. The SMILES string of the molecule is COc1cc2ncc(-c3nc(NC4CCCNC4)ncc3F)n2nc1C1CC(F)(F)C1. The molecule has 164 valence electrons. The predicted molar refractivity (Wildman–Crippen MR) is 107 cm³/mol. The van der Waals surface area contributed by atoms with Crippen LogP contribution in [0, 0.1) is 5.82 Å². The second-order valence-corrected chi connectivity index (χ2v) is 8.05. The monoisotopic (exact) mass is 433 g/mol. The number of hydrogen-bond donors (Lipinski definition) is 2. The van der Waals surface area contributed by atoms with Gasteiger partial charge in [0.2, 0.25) is 11.9 Å². The number of anilines is 1. The first-order valence-corrected chi connectivity index (χ1v) is 10.2. The van der Waals surface area contributed by atoms with Crippen LogP contribution < -0.4 is 15.4 Å². The van der Waals surface area contributed by atoms with E-state index in [-0.39, 0.29) is 24.6 Å². The van der Waals surface area contributed by atoms with Crippen LogP contribution in [0.2, 0.25) is 0 Å². The Kier molecular flexibility index (Phi) is 4.92. The van der Waals surface area contributed by atoms with Crippen LogP contribution in [-0.4, -0.2) is 56.7 Å². The Balaban J connectivity index is 1.52. The lowest BCUT2D eigenvalue weighted by Crippen LogP contribution is -2.38. The first-order valence-electron chi connectivity index (χ1n) is 10.2. The maximum absolute atomic E-state index is 14.7. The van der Waals surface area contributed by atoms with Crippen LogP contribution in [-0.2, 0) is 0 Å². The maximum Gasteiger partial charge on any atom is 0.249 e. The first-order chi connectivity index (χ1) is 14.9. The molecule has 1 aliphatic carbocycles. The van der Waals surface area contributed by atoms with Gasteiger partial charge in [0.05, 0.1) is 19.5 Å². The Hall–Kier alpha value is -2.95. The molecule has 8 nitrogen and oxygen atoms in total. The molecule has 1 aliphatic heterocycles. The molecule has 0 radical (unpaired) electrons. The molecule has 1 saturated heterocycles. The van der Waals surface area contributed by atoms with E-state index in [0.29, 0.717) is 28.7 Å². The van der Waals surface area contributed by atoms with E-state index in [4.69, 9.17) is 4.74 Å². The number of nitrogens with one attached hydrogen (secondary N) is 2. The summed E-state index contributed by atoms with van der Waals surface area (Å²) in [6.45, 7) is 1.75. The Morgan fingerprint density at radius 3 is 2.81 bits per heavy atom. The molecule has 0 amide bonds. The molecule has 2 N–H and O–H groups in total. The summed E-state index contributed by atoms with van der Waals surface area (Å²) in [7, 11) is 1.46. The number of piperidine rings is 1. The zero-order valence-corrected chi connectivity index (χ0v) is 16.9. The summed E-state index contributed by atoms with van der Waals surface area (Å²) in [5, 5.41) is 11.0. The van der Waals surface area contributed by atoms with Crippen LogP contribution in [0.25, 0.3) is 17.0 Å². The summed E-state index contributed by atoms with van der Waals surface area (Å²) in [5.74, 6) is -3.05. The molecule has 2 fully saturated rings. The van der Waals surface area contributed by atoms with E-state index >= 15 is 0 Å². The van der Waals surface area contributed by atoms with Gasteiger partial charge in [0, 0.05) is 37.4 Å². The highest BCUT2D eigenvalue weighted by atomic mass is 19.3. The zero-order chi connectivity index (χ0) is 21.6. The number of fused-ring (bicyclic) bond motifs is 1. The van der Waals surface area contributed by atoms with Gasteiger partial charge in [-0.1, -0.05) is 0 Å². The molecule has 0 spiro atoms. The molecular formula is C20H22F3N7O. The van der Waals surface area contributed by atoms with E-state index in [1.54, 1.807) is 6.07 Å². The minimum absolute atomic E-state index is 0.0383. The Bertz CT molecular complexity index is 1110. The minimum atomic E-state index is -2.70. The van der Waals surface area contributed by atoms with Crippen LogP contribution in [0.3, 0.4) is 0 Å². The number of ether oxygens (including phenoxy) is 1. The second-order valence-electron chi connectivity index (χ2n) is 8.05. The van der Waals surface area contributed by atoms with Crippen molar-refractivity contribution in [3.8, 4) is 17.1 Å². The van der Waals surface area contributed by atoms with Crippen LogP contribution in [0.15, 0.2) is 18.5 Å². The number of hydrogen-bond acceptors (Lipinski definition) is 7. The van der Waals surface area contributed by atoms with E-state index in [2.05, 4.69) is 30.7 Å². The van der Waals surface area contributed by atoms with Gasteiger partial charge in [0.25, 0.3) is 0 Å². The minimum Gasteiger partial charge on any atom is -0.495 e. The van der Waals surface area contributed by atoms with Gasteiger partial charge in [0.1, 0.15) is 22.8 Å². The molecule has 0 bridgehead atoms. The van der Waals surface area contributed by atoms with Crippen molar-refractivity contribution in [3.63, 3.8) is 0 Å². The number of methoxy groups -OCH3 is 1. The highest BCUT2D eigenvalue weighted by Crippen LogP contribution is 2.49. The highest BCUT2D eigenvalue weighted by molar-refractivity contribution is 5.62. The molecule has 31 heavy (non-hydrogen) atoms. The lowest BCUT2D eigenvalue weighted by atomic mass is 9.79. The number of nitrogens with zero attached hydrogens (tertiary/aromatic N) is 5. The van der Waals surface area contributed by atoms with Gasteiger partial charge in [-0.3, -0.25) is 0 Å². The molecule has 0 aromatic carbocycles. The van der Waals surface area contributed by atoms with Gasteiger partial charge >= 0.3 is 0 Å². The van der Waals surface area contributed by atoms with Gasteiger partial charge in [-0.05, 0) is 19.4 Å². The predicted octanol–water partition coefficient (Wildman–Crippen LogP) is 3.01.